The zero-order valence-electron chi connectivity index (χ0n) is 11.3. The Balaban J connectivity index is 1.89. The number of rotatable bonds is 5. The zero-order chi connectivity index (χ0) is 14.5. The molecule has 2 rings (SSSR count). The Morgan fingerprint density at radius 3 is 2.95 bits per heavy atom. The van der Waals surface area contributed by atoms with Gasteiger partial charge >= 0.3 is 5.97 Å². The first kappa shape index (κ1) is 14.2. The van der Waals surface area contributed by atoms with Crippen LogP contribution in [0.3, 0.4) is 0 Å². The molecular formula is C14H18N2O4. The second kappa shape index (κ2) is 6.27. The molecule has 108 valence electrons. The standard InChI is InChI=1S/C14H18N2O4/c1-16(8-4-7-13(17)18)14(19)12-9-15-10-5-2-3-6-11(10)20-12/h2-3,5-6,12,15H,4,7-9H2,1H3,(H,17,18). The topological polar surface area (TPSA) is 78.9 Å². The largest absolute Gasteiger partial charge is 0.481 e. The third kappa shape index (κ3) is 3.40. The van der Waals surface area contributed by atoms with Gasteiger partial charge in [0.15, 0.2) is 6.10 Å². The quantitative estimate of drug-likeness (QED) is 0.845. The SMILES string of the molecule is CN(CCCC(=O)O)C(=O)C1CNc2ccccc2O1. The fourth-order valence-corrected chi connectivity index (χ4v) is 2.07. The number of likely N-dealkylation sites (N-methyl/N-ethyl adjacent to an activating group) is 1. The van der Waals surface area contributed by atoms with Crippen molar-refractivity contribution in [2.75, 3.05) is 25.5 Å². The van der Waals surface area contributed by atoms with Gasteiger partial charge in [-0.1, -0.05) is 12.1 Å². The Bertz CT molecular complexity index is 504. The van der Waals surface area contributed by atoms with Crippen LogP contribution >= 0.6 is 0 Å². The molecule has 1 aliphatic rings. The molecule has 1 heterocycles. The Labute approximate surface area is 117 Å². The summed E-state index contributed by atoms with van der Waals surface area (Å²) < 4.78 is 5.67. The summed E-state index contributed by atoms with van der Waals surface area (Å²) in [5.41, 5.74) is 0.880. The van der Waals surface area contributed by atoms with E-state index in [1.807, 2.05) is 24.3 Å². The molecule has 6 nitrogen and oxygen atoms in total. The van der Waals surface area contributed by atoms with Gasteiger partial charge in [0.2, 0.25) is 0 Å². The van der Waals surface area contributed by atoms with E-state index in [0.29, 0.717) is 25.3 Å². The molecule has 0 fully saturated rings. The van der Waals surface area contributed by atoms with Crippen LogP contribution in [0.4, 0.5) is 5.69 Å². The third-order valence-electron chi connectivity index (χ3n) is 3.17. The number of benzene rings is 1. The highest BCUT2D eigenvalue weighted by Crippen LogP contribution is 2.28. The lowest BCUT2D eigenvalue weighted by Gasteiger charge is -2.29. The molecule has 0 radical (unpaired) electrons. The molecule has 1 unspecified atom stereocenters. The Morgan fingerprint density at radius 1 is 1.45 bits per heavy atom. The minimum atomic E-state index is -0.852. The maximum absolute atomic E-state index is 12.2. The first-order valence-corrected chi connectivity index (χ1v) is 6.54. The molecule has 1 atom stereocenters. The average Bonchev–Trinajstić information content (AvgIpc) is 2.45. The lowest BCUT2D eigenvalue weighted by molar-refractivity contribution is -0.139. The monoisotopic (exact) mass is 278 g/mol. The number of carbonyl (C=O) groups excluding carboxylic acids is 1. The number of fused-ring (bicyclic) bond motifs is 1. The van der Waals surface area contributed by atoms with E-state index in [2.05, 4.69) is 5.32 Å². The van der Waals surface area contributed by atoms with Crippen LogP contribution in [-0.2, 0) is 9.59 Å². The minimum Gasteiger partial charge on any atom is -0.481 e. The molecule has 1 aromatic carbocycles. The molecule has 0 spiro atoms. The second-order valence-corrected chi connectivity index (χ2v) is 4.74. The number of amides is 1. The van der Waals surface area contributed by atoms with Crippen molar-refractivity contribution in [3.05, 3.63) is 24.3 Å². The predicted molar refractivity (Wildman–Crippen MR) is 73.9 cm³/mol. The van der Waals surface area contributed by atoms with Crippen LogP contribution in [0.5, 0.6) is 5.75 Å². The molecule has 6 heteroatoms. The number of aliphatic carboxylic acids is 1. The maximum Gasteiger partial charge on any atom is 0.303 e. The zero-order valence-corrected chi connectivity index (χ0v) is 11.3. The summed E-state index contributed by atoms with van der Waals surface area (Å²) in [6, 6.07) is 7.46. The molecule has 1 aliphatic heterocycles. The summed E-state index contributed by atoms with van der Waals surface area (Å²) in [5.74, 6) is -0.330. The fraction of sp³-hybridized carbons (Fsp3) is 0.429. The van der Waals surface area contributed by atoms with Gasteiger partial charge in [0.1, 0.15) is 5.75 Å². The number of carboxylic acid groups (broad SMARTS) is 1. The number of nitrogens with zero attached hydrogens (tertiary/aromatic N) is 1. The molecule has 0 aromatic heterocycles. The molecule has 0 saturated carbocycles. The van der Waals surface area contributed by atoms with Crippen molar-refractivity contribution in [1.29, 1.82) is 0 Å². The summed E-state index contributed by atoms with van der Waals surface area (Å²) in [7, 11) is 1.66. The van der Waals surface area contributed by atoms with E-state index >= 15 is 0 Å². The van der Waals surface area contributed by atoms with E-state index in [1.54, 1.807) is 7.05 Å². The van der Waals surface area contributed by atoms with E-state index < -0.39 is 12.1 Å². The highest BCUT2D eigenvalue weighted by atomic mass is 16.5. The van der Waals surface area contributed by atoms with Crippen LogP contribution < -0.4 is 10.1 Å². The van der Waals surface area contributed by atoms with Gasteiger partial charge in [-0.05, 0) is 18.6 Å². The first-order chi connectivity index (χ1) is 9.58. The van der Waals surface area contributed by atoms with Gasteiger partial charge in [-0.25, -0.2) is 0 Å². The summed E-state index contributed by atoms with van der Waals surface area (Å²) in [4.78, 5) is 24.2. The van der Waals surface area contributed by atoms with Crippen molar-refractivity contribution in [3.8, 4) is 5.75 Å². The Morgan fingerprint density at radius 2 is 2.20 bits per heavy atom. The Kier molecular flexibility index (Phi) is 4.45. The van der Waals surface area contributed by atoms with Crippen LogP contribution in [-0.4, -0.2) is 48.1 Å². The maximum atomic E-state index is 12.2. The highest BCUT2D eigenvalue weighted by molar-refractivity contribution is 5.83. The summed E-state index contributed by atoms with van der Waals surface area (Å²) in [6.45, 7) is 0.825. The average molecular weight is 278 g/mol. The van der Waals surface area contributed by atoms with Crippen LogP contribution in [0.15, 0.2) is 24.3 Å². The summed E-state index contributed by atoms with van der Waals surface area (Å²) in [6.07, 6.45) is -0.0711. The van der Waals surface area contributed by atoms with Crippen molar-refractivity contribution in [1.82, 2.24) is 4.90 Å². The summed E-state index contributed by atoms with van der Waals surface area (Å²) in [5, 5.41) is 11.7. The van der Waals surface area contributed by atoms with Gasteiger partial charge in [0.05, 0.1) is 12.2 Å². The Hall–Kier alpha value is -2.24. The van der Waals surface area contributed by atoms with Gasteiger partial charge in [0.25, 0.3) is 5.91 Å². The van der Waals surface area contributed by atoms with E-state index in [4.69, 9.17) is 9.84 Å². The molecule has 0 aliphatic carbocycles. The van der Waals surface area contributed by atoms with Gasteiger partial charge in [0, 0.05) is 20.0 Å². The second-order valence-electron chi connectivity index (χ2n) is 4.74. The van der Waals surface area contributed by atoms with Gasteiger partial charge in [-0.15, -0.1) is 0 Å². The number of anilines is 1. The summed E-state index contributed by atoms with van der Waals surface area (Å²) >= 11 is 0. The number of carboxylic acids is 1. The smallest absolute Gasteiger partial charge is 0.303 e. The molecule has 1 amide bonds. The molecule has 0 bridgehead atoms. The van der Waals surface area contributed by atoms with Crippen molar-refractivity contribution in [2.45, 2.75) is 18.9 Å². The number of nitrogens with one attached hydrogen (secondary N) is 1. The van der Waals surface area contributed by atoms with Crippen molar-refractivity contribution >= 4 is 17.6 Å². The fourth-order valence-electron chi connectivity index (χ4n) is 2.07. The lowest BCUT2D eigenvalue weighted by atomic mass is 10.2. The first-order valence-electron chi connectivity index (χ1n) is 6.54. The lowest BCUT2D eigenvalue weighted by Crippen LogP contribution is -2.45. The molecule has 20 heavy (non-hydrogen) atoms. The van der Waals surface area contributed by atoms with Crippen LogP contribution in [0.25, 0.3) is 0 Å². The molecular weight excluding hydrogens is 260 g/mol. The number of hydrogen-bond acceptors (Lipinski definition) is 4. The van der Waals surface area contributed by atoms with E-state index in [1.165, 1.54) is 4.90 Å². The van der Waals surface area contributed by atoms with Crippen molar-refractivity contribution in [2.24, 2.45) is 0 Å². The molecule has 0 saturated heterocycles. The van der Waals surface area contributed by atoms with Crippen LogP contribution in [0.1, 0.15) is 12.8 Å². The normalized spacial score (nSPS) is 16.6. The van der Waals surface area contributed by atoms with E-state index in [-0.39, 0.29) is 12.3 Å². The van der Waals surface area contributed by atoms with Gasteiger partial charge in [-0.3, -0.25) is 9.59 Å². The molecule has 1 aromatic rings. The van der Waals surface area contributed by atoms with Crippen LogP contribution in [0.2, 0.25) is 0 Å². The number of ether oxygens (including phenoxy) is 1. The van der Waals surface area contributed by atoms with Gasteiger partial charge < -0.3 is 20.1 Å². The predicted octanol–water partition coefficient (Wildman–Crippen LogP) is 1.18. The number of para-hydroxylation sites is 2. The van der Waals surface area contributed by atoms with E-state index in [9.17, 15) is 9.59 Å². The van der Waals surface area contributed by atoms with E-state index in [0.717, 1.165) is 5.69 Å². The highest BCUT2D eigenvalue weighted by Gasteiger charge is 2.27. The van der Waals surface area contributed by atoms with Crippen molar-refractivity contribution in [3.63, 3.8) is 0 Å². The molecule has 2 N–H and O–H groups in total. The minimum absolute atomic E-state index is 0.0597. The number of carbonyl (C=O) groups is 2. The number of hydrogen-bond donors (Lipinski definition) is 2. The van der Waals surface area contributed by atoms with Crippen LogP contribution in [0, 0.1) is 0 Å². The third-order valence-corrected chi connectivity index (χ3v) is 3.17. The van der Waals surface area contributed by atoms with Crippen molar-refractivity contribution < 1.29 is 19.4 Å². The van der Waals surface area contributed by atoms with Gasteiger partial charge in [-0.2, -0.15) is 0 Å².